The SMILES string of the molecule is COc1c(Cl)cc(C)c(-c2cc(N)no2)c1OC. The Balaban J connectivity index is 2.73. The predicted octanol–water partition coefficient (Wildman–Crippen LogP) is 2.90. The van der Waals surface area contributed by atoms with Gasteiger partial charge in [-0.15, -0.1) is 0 Å². The summed E-state index contributed by atoms with van der Waals surface area (Å²) in [6.45, 7) is 1.89. The number of benzene rings is 1. The van der Waals surface area contributed by atoms with Crippen LogP contribution in [0.4, 0.5) is 5.82 Å². The summed E-state index contributed by atoms with van der Waals surface area (Å²) < 4.78 is 15.8. The Bertz CT molecular complexity index is 581. The van der Waals surface area contributed by atoms with Gasteiger partial charge in [-0.25, -0.2) is 0 Å². The van der Waals surface area contributed by atoms with E-state index in [9.17, 15) is 0 Å². The molecule has 0 saturated carbocycles. The molecule has 0 atom stereocenters. The number of halogens is 1. The molecule has 0 bridgehead atoms. The van der Waals surface area contributed by atoms with E-state index >= 15 is 0 Å². The molecule has 1 heterocycles. The molecule has 0 fully saturated rings. The monoisotopic (exact) mass is 268 g/mol. The lowest BCUT2D eigenvalue weighted by Gasteiger charge is -2.14. The smallest absolute Gasteiger partial charge is 0.180 e. The van der Waals surface area contributed by atoms with Crippen LogP contribution in [0.15, 0.2) is 16.7 Å². The first kappa shape index (κ1) is 12.6. The molecular weight excluding hydrogens is 256 g/mol. The average Bonchev–Trinajstić information content (AvgIpc) is 2.74. The van der Waals surface area contributed by atoms with Gasteiger partial charge in [0.2, 0.25) is 0 Å². The lowest BCUT2D eigenvalue weighted by molar-refractivity contribution is 0.354. The molecule has 18 heavy (non-hydrogen) atoms. The summed E-state index contributed by atoms with van der Waals surface area (Å²) in [6, 6.07) is 3.40. The molecule has 0 aliphatic heterocycles. The van der Waals surface area contributed by atoms with Crippen LogP contribution in [0.2, 0.25) is 5.02 Å². The topological polar surface area (TPSA) is 70.5 Å². The van der Waals surface area contributed by atoms with Crippen LogP contribution in [0.5, 0.6) is 11.5 Å². The molecule has 0 aliphatic rings. The molecule has 96 valence electrons. The third-order valence-electron chi connectivity index (χ3n) is 2.57. The van der Waals surface area contributed by atoms with E-state index in [0.717, 1.165) is 11.1 Å². The van der Waals surface area contributed by atoms with Crippen molar-refractivity contribution in [2.45, 2.75) is 6.92 Å². The second kappa shape index (κ2) is 4.78. The Hall–Kier alpha value is -1.88. The van der Waals surface area contributed by atoms with Crippen LogP contribution in [-0.4, -0.2) is 19.4 Å². The predicted molar refractivity (Wildman–Crippen MR) is 69.2 cm³/mol. The van der Waals surface area contributed by atoms with Crippen molar-refractivity contribution in [2.75, 3.05) is 20.0 Å². The van der Waals surface area contributed by atoms with Crippen molar-refractivity contribution < 1.29 is 14.0 Å². The quantitative estimate of drug-likeness (QED) is 0.927. The van der Waals surface area contributed by atoms with Crippen molar-refractivity contribution in [3.8, 4) is 22.8 Å². The molecule has 0 radical (unpaired) electrons. The number of hydrogen-bond acceptors (Lipinski definition) is 5. The maximum absolute atomic E-state index is 6.10. The molecule has 0 saturated heterocycles. The lowest BCUT2D eigenvalue weighted by atomic mass is 10.0. The lowest BCUT2D eigenvalue weighted by Crippen LogP contribution is -1.96. The highest BCUT2D eigenvalue weighted by Crippen LogP contribution is 2.45. The molecule has 5 nitrogen and oxygen atoms in total. The van der Waals surface area contributed by atoms with Crippen molar-refractivity contribution in [3.63, 3.8) is 0 Å². The number of nitrogens with two attached hydrogens (primary N) is 1. The summed E-state index contributed by atoms with van der Waals surface area (Å²) in [5.41, 5.74) is 7.16. The number of nitrogen functional groups attached to an aromatic ring is 1. The van der Waals surface area contributed by atoms with Crippen molar-refractivity contribution in [1.82, 2.24) is 5.16 Å². The van der Waals surface area contributed by atoms with Gasteiger partial charge >= 0.3 is 0 Å². The summed E-state index contributed by atoms with van der Waals surface area (Å²) in [5, 5.41) is 4.14. The van der Waals surface area contributed by atoms with Crippen LogP contribution in [0.25, 0.3) is 11.3 Å². The second-order valence-corrected chi connectivity index (χ2v) is 4.14. The molecule has 1 aromatic carbocycles. The average molecular weight is 269 g/mol. The minimum Gasteiger partial charge on any atom is -0.492 e. The number of hydrogen-bond donors (Lipinski definition) is 1. The highest BCUT2D eigenvalue weighted by Gasteiger charge is 2.21. The fourth-order valence-corrected chi connectivity index (χ4v) is 2.15. The van der Waals surface area contributed by atoms with Gasteiger partial charge in [0.05, 0.1) is 24.8 Å². The number of ether oxygens (including phenoxy) is 2. The Labute approximate surface area is 109 Å². The van der Waals surface area contributed by atoms with Crippen LogP contribution in [0.1, 0.15) is 5.56 Å². The summed E-state index contributed by atoms with van der Waals surface area (Å²) in [6.07, 6.45) is 0. The third kappa shape index (κ3) is 1.97. The maximum atomic E-state index is 6.10. The number of aromatic nitrogens is 1. The third-order valence-corrected chi connectivity index (χ3v) is 2.85. The van der Waals surface area contributed by atoms with Gasteiger partial charge in [-0.2, -0.15) is 0 Å². The van der Waals surface area contributed by atoms with E-state index in [2.05, 4.69) is 5.16 Å². The first-order valence-electron chi connectivity index (χ1n) is 5.22. The molecule has 0 unspecified atom stereocenters. The standard InChI is InChI=1S/C12H13ClN2O3/c1-6-4-7(13)11(16-2)12(17-3)10(6)8-5-9(14)15-18-8/h4-5H,1-3H3,(H2,14,15). The van der Waals surface area contributed by atoms with Gasteiger partial charge in [-0.05, 0) is 18.6 Å². The van der Waals surface area contributed by atoms with Crippen molar-refractivity contribution in [2.24, 2.45) is 0 Å². The number of nitrogens with zero attached hydrogens (tertiary/aromatic N) is 1. The molecule has 2 aromatic rings. The fraction of sp³-hybridized carbons (Fsp3) is 0.250. The van der Waals surface area contributed by atoms with Crippen LogP contribution in [0.3, 0.4) is 0 Å². The Kier molecular flexibility index (Phi) is 3.34. The molecule has 0 amide bonds. The summed E-state index contributed by atoms with van der Waals surface area (Å²) in [4.78, 5) is 0. The maximum Gasteiger partial charge on any atom is 0.180 e. The molecular formula is C12H13ClN2O3. The Morgan fingerprint density at radius 2 is 1.89 bits per heavy atom. The van der Waals surface area contributed by atoms with Gasteiger partial charge in [0.1, 0.15) is 0 Å². The van der Waals surface area contributed by atoms with Gasteiger partial charge in [0.15, 0.2) is 23.1 Å². The van der Waals surface area contributed by atoms with Gasteiger partial charge in [0.25, 0.3) is 0 Å². The molecule has 2 N–H and O–H groups in total. The minimum absolute atomic E-state index is 0.306. The molecule has 0 aliphatic carbocycles. The first-order chi connectivity index (χ1) is 8.58. The summed E-state index contributed by atoms with van der Waals surface area (Å²) in [7, 11) is 3.06. The van der Waals surface area contributed by atoms with E-state index in [-0.39, 0.29) is 0 Å². The number of anilines is 1. The Morgan fingerprint density at radius 3 is 2.39 bits per heavy atom. The first-order valence-corrected chi connectivity index (χ1v) is 5.60. The van der Waals surface area contributed by atoms with E-state index < -0.39 is 0 Å². The summed E-state index contributed by atoms with van der Waals surface area (Å²) in [5.74, 6) is 1.77. The normalized spacial score (nSPS) is 10.4. The van der Waals surface area contributed by atoms with E-state index in [1.54, 1.807) is 12.1 Å². The second-order valence-electron chi connectivity index (χ2n) is 3.73. The highest BCUT2D eigenvalue weighted by molar-refractivity contribution is 6.32. The number of methoxy groups -OCH3 is 2. The minimum atomic E-state index is 0.306. The van der Waals surface area contributed by atoms with Crippen LogP contribution in [-0.2, 0) is 0 Å². The van der Waals surface area contributed by atoms with E-state index in [1.807, 2.05) is 6.92 Å². The van der Waals surface area contributed by atoms with Gasteiger partial charge in [-0.3, -0.25) is 0 Å². The largest absolute Gasteiger partial charge is 0.492 e. The number of aryl methyl sites for hydroxylation is 1. The molecule has 1 aromatic heterocycles. The van der Waals surface area contributed by atoms with Gasteiger partial charge in [-0.1, -0.05) is 16.8 Å². The number of rotatable bonds is 3. The van der Waals surface area contributed by atoms with Crippen LogP contribution in [0, 0.1) is 6.92 Å². The zero-order chi connectivity index (χ0) is 13.3. The fourth-order valence-electron chi connectivity index (χ4n) is 1.83. The van der Waals surface area contributed by atoms with Crippen molar-refractivity contribution >= 4 is 17.4 Å². The van der Waals surface area contributed by atoms with Crippen molar-refractivity contribution in [3.05, 3.63) is 22.7 Å². The van der Waals surface area contributed by atoms with E-state index in [1.165, 1.54) is 14.2 Å². The van der Waals surface area contributed by atoms with E-state index in [0.29, 0.717) is 28.1 Å². The zero-order valence-electron chi connectivity index (χ0n) is 10.3. The van der Waals surface area contributed by atoms with Gasteiger partial charge < -0.3 is 19.7 Å². The van der Waals surface area contributed by atoms with Crippen molar-refractivity contribution in [1.29, 1.82) is 0 Å². The molecule has 2 rings (SSSR count). The molecule has 6 heteroatoms. The van der Waals surface area contributed by atoms with Gasteiger partial charge in [0, 0.05) is 6.07 Å². The highest BCUT2D eigenvalue weighted by atomic mass is 35.5. The Morgan fingerprint density at radius 1 is 1.22 bits per heavy atom. The molecule has 0 spiro atoms. The summed E-state index contributed by atoms with van der Waals surface area (Å²) >= 11 is 6.10. The zero-order valence-corrected chi connectivity index (χ0v) is 11.0. The van der Waals surface area contributed by atoms with Crippen LogP contribution >= 0.6 is 11.6 Å². The van der Waals surface area contributed by atoms with Crippen LogP contribution < -0.4 is 15.2 Å². The van der Waals surface area contributed by atoms with E-state index in [4.69, 9.17) is 31.3 Å².